The van der Waals surface area contributed by atoms with E-state index < -0.39 is 0 Å². The Labute approximate surface area is 176 Å². The van der Waals surface area contributed by atoms with Gasteiger partial charge in [0.15, 0.2) is 5.82 Å². The second kappa shape index (κ2) is 7.29. The molecule has 0 unspecified atom stereocenters. The Balaban J connectivity index is 1.42. The Morgan fingerprint density at radius 2 is 1.80 bits per heavy atom. The molecule has 5 rings (SSSR count). The molecule has 3 heterocycles. The summed E-state index contributed by atoms with van der Waals surface area (Å²) in [6.07, 6.45) is 0. The molecule has 2 aromatic carbocycles. The van der Waals surface area contributed by atoms with E-state index in [1.807, 2.05) is 35.2 Å². The number of nitrogen functional groups attached to an aromatic ring is 1. The standard InChI is InChI=1S/C24H27N5O/c1-15-8-6-7-11-18(15)22-19-14-29(13-17(19)12-28(22)2)24(30)21-20(23(25)27-26-21)16-9-4-3-5-10-16/h3-11,17,19,22H,12-14H2,1-2H3,(H3,25,26,27)/t17-,19+,22+/m0/s1. The monoisotopic (exact) mass is 401 g/mol. The van der Waals surface area contributed by atoms with Crippen molar-refractivity contribution in [1.82, 2.24) is 20.0 Å². The molecular formula is C24H27N5O. The number of aromatic nitrogens is 2. The minimum absolute atomic E-state index is 0.0151. The van der Waals surface area contributed by atoms with Gasteiger partial charge in [0.05, 0.1) is 5.56 Å². The normalized spacial score (nSPS) is 23.7. The lowest BCUT2D eigenvalue weighted by molar-refractivity contribution is 0.0762. The summed E-state index contributed by atoms with van der Waals surface area (Å²) < 4.78 is 0. The number of benzene rings is 2. The van der Waals surface area contributed by atoms with Crippen molar-refractivity contribution < 1.29 is 4.79 Å². The van der Waals surface area contributed by atoms with Crippen LogP contribution in [-0.4, -0.2) is 52.6 Å². The largest absolute Gasteiger partial charge is 0.382 e. The topological polar surface area (TPSA) is 78.2 Å². The van der Waals surface area contributed by atoms with E-state index in [1.165, 1.54) is 11.1 Å². The van der Waals surface area contributed by atoms with Crippen LogP contribution in [0.3, 0.4) is 0 Å². The van der Waals surface area contributed by atoms with Gasteiger partial charge in [-0.25, -0.2) is 0 Å². The van der Waals surface area contributed by atoms with Crippen molar-refractivity contribution in [3.05, 3.63) is 71.4 Å². The first-order chi connectivity index (χ1) is 14.5. The number of likely N-dealkylation sites (tertiary alicyclic amines) is 2. The van der Waals surface area contributed by atoms with Gasteiger partial charge >= 0.3 is 0 Å². The molecule has 0 saturated carbocycles. The number of H-pyrrole nitrogens is 1. The molecule has 0 radical (unpaired) electrons. The van der Waals surface area contributed by atoms with Gasteiger partial charge in [-0.3, -0.25) is 14.8 Å². The van der Waals surface area contributed by atoms with E-state index >= 15 is 0 Å². The predicted octanol–water partition coefficient (Wildman–Crippen LogP) is 3.34. The van der Waals surface area contributed by atoms with Crippen LogP contribution in [0.25, 0.3) is 11.1 Å². The lowest BCUT2D eigenvalue weighted by Gasteiger charge is -2.28. The zero-order chi connectivity index (χ0) is 20.8. The minimum Gasteiger partial charge on any atom is -0.382 e. The second-order valence-electron chi connectivity index (χ2n) is 8.60. The average molecular weight is 402 g/mol. The molecule has 3 aromatic rings. The number of aryl methyl sites for hydroxylation is 1. The lowest BCUT2D eigenvalue weighted by Crippen LogP contribution is -2.34. The van der Waals surface area contributed by atoms with Crippen molar-refractivity contribution in [1.29, 1.82) is 0 Å². The Kier molecular flexibility index (Phi) is 4.59. The van der Waals surface area contributed by atoms with Crippen LogP contribution in [0.15, 0.2) is 54.6 Å². The van der Waals surface area contributed by atoms with E-state index in [2.05, 4.69) is 53.3 Å². The van der Waals surface area contributed by atoms with Gasteiger partial charge < -0.3 is 10.6 Å². The summed E-state index contributed by atoms with van der Waals surface area (Å²) in [4.78, 5) is 17.9. The van der Waals surface area contributed by atoms with Gasteiger partial charge in [-0.15, -0.1) is 0 Å². The molecular weight excluding hydrogens is 374 g/mol. The molecule has 30 heavy (non-hydrogen) atoms. The molecule has 3 atom stereocenters. The van der Waals surface area contributed by atoms with Crippen molar-refractivity contribution in [2.75, 3.05) is 32.4 Å². The summed E-state index contributed by atoms with van der Waals surface area (Å²) >= 11 is 0. The molecule has 6 nitrogen and oxygen atoms in total. The van der Waals surface area contributed by atoms with E-state index in [0.29, 0.717) is 35.0 Å². The number of carbonyl (C=O) groups is 1. The fraction of sp³-hybridized carbons (Fsp3) is 0.333. The number of nitrogens with one attached hydrogen (secondary N) is 1. The smallest absolute Gasteiger partial charge is 0.272 e. The number of anilines is 1. The van der Waals surface area contributed by atoms with E-state index in [4.69, 9.17) is 5.73 Å². The molecule has 2 fully saturated rings. The highest BCUT2D eigenvalue weighted by Gasteiger charge is 2.48. The summed E-state index contributed by atoms with van der Waals surface area (Å²) in [5, 5.41) is 7.04. The van der Waals surface area contributed by atoms with Gasteiger partial charge in [0.2, 0.25) is 0 Å². The highest BCUT2D eigenvalue weighted by Crippen LogP contribution is 2.45. The molecule has 1 aromatic heterocycles. The minimum atomic E-state index is -0.0151. The maximum Gasteiger partial charge on any atom is 0.272 e. The average Bonchev–Trinajstić information content (AvgIpc) is 3.41. The lowest BCUT2D eigenvalue weighted by atomic mass is 9.88. The first kappa shape index (κ1) is 18.9. The maximum absolute atomic E-state index is 13.5. The van der Waals surface area contributed by atoms with Crippen LogP contribution in [0.2, 0.25) is 0 Å². The van der Waals surface area contributed by atoms with Gasteiger partial charge in [0.1, 0.15) is 5.69 Å². The van der Waals surface area contributed by atoms with Gasteiger partial charge in [-0.1, -0.05) is 54.6 Å². The number of hydrogen-bond acceptors (Lipinski definition) is 4. The zero-order valence-corrected chi connectivity index (χ0v) is 17.4. The molecule has 0 spiro atoms. The van der Waals surface area contributed by atoms with Gasteiger partial charge in [0.25, 0.3) is 5.91 Å². The molecule has 0 bridgehead atoms. The number of fused-ring (bicyclic) bond motifs is 1. The van der Waals surface area contributed by atoms with Crippen LogP contribution in [0.1, 0.15) is 27.7 Å². The number of nitrogens with two attached hydrogens (primary N) is 1. The van der Waals surface area contributed by atoms with Crippen LogP contribution >= 0.6 is 0 Å². The SMILES string of the molecule is Cc1ccccc1[C@@H]1[C@@H]2CN(C(=O)c3[nH]nc(N)c3-c3ccccc3)C[C@@H]2CN1C. The number of amides is 1. The molecule has 154 valence electrons. The van der Waals surface area contributed by atoms with E-state index in [1.54, 1.807) is 0 Å². The van der Waals surface area contributed by atoms with Crippen molar-refractivity contribution >= 4 is 11.7 Å². The number of hydrogen-bond donors (Lipinski definition) is 2. The van der Waals surface area contributed by atoms with Gasteiger partial charge in [-0.2, -0.15) is 5.10 Å². The maximum atomic E-state index is 13.5. The van der Waals surface area contributed by atoms with E-state index in [0.717, 1.165) is 25.2 Å². The second-order valence-corrected chi connectivity index (χ2v) is 8.60. The third kappa shape index (κ3) is 2.99. The van der Waals surface area contributed by atoms with Crippen LogP contribution in [0.5, 0.6) is 0 Å². The van der Waals surface area contributed by atoms with Crippen LogP contribution in [0.4, 0.5) is 5.82 Å². The van der Waals surface area contributed by atoms with Gasteiger partial charge in [0, 0.05) is 31.6 Å². The summed E-state index contributed by atoms with van der Waals surface area (Å²) in [6.45, 7) is 4.70. The predicted molar refractivity (Wildman–Crippen MR) is 118 cm³/mol. The first-order valence-corrected chi connectivity index (χ1v) is 10.5. The Hall–Kier alpha value is -3.12. The summed E-state index contributed by atoms with van der Waals surface area (Å²) in [5.74, 6) is 1.25. The third-order valence-corrected chi connectivity index (χ3v) is 6.76. The summed E-state index contributed by atoms with van der Waals surface area (Å²) in [7, 11) is 2.20. The van der Waals surface area contributed by atoms with Crippen molar-refractivity contribution in [3.63, 3.8) is 0 Å². The van der Waals surface area contributed by atoms with Crippen molar-refractivity contribution in [2.45, 2.75) is 13.0 Å². The van der Waals surface area contributed by atoms with Crippen LogP contribution in [0, 0.1) is 18.8 Å². The third-order valence-electron chi connectivity index (χ3n) is 6.76. The first-order valence-electron chi connectivity index (χ1n) is 10.5. The number of aromatic amines is 1. The van der Waals surface area contributed by atoms with E-state index in [9.17, 15) is 4.79 Å². The molecule has 1 amide bonds. The van der Waals surface area contributed by atoms with Crippen molar-refractivity contribution in [3.8, 4) is 11.1 Å². The van der Waals surface area contributed by atoms with Gasteiger partial charge in [-0.05, 0) is 36.6 Å². The quantitative estimate of drug-likeness (QED) is 0.706. The van der Waals surface area contributed by atoms with E-state index in [-0.39, 0.29) is 5.91 Å². The summed E-state index contributed by atoms with van der Waals surface area (Å²) in [5.41, 5.74) is 10.9. The van der Waals surface area contributed by atoms with Crippen LogP contribution < -0.4 is 5.73 Å². The molecule has 2 aliphatic rings. The van der Waals surface area contributed by atoms with Crippen molar-refractivity contribution in [2.24, 2.45) is 11.8 Å². The highest BCUT2D eigenvalue weighted by atomic mass is 16.2. The molecule has 0 aliphatic carbocycles. The number of nitrogens with zero attached hydrogens (tertiary/aromatic N) is 3. The molecule has 2 aliphatic heterocycles. The summed E-state index contributed by atoms with van der Waals surface area (Å²) in [6, 6.07) is 18.7. The Bertz CT molecular complexity index is 1080. The Morgan fingerprint density at radius 1 is 1.07 bits per heavy atom. The molecule has 3 N–H and O–H groups in total. The highest BCUT2D eigenvalue weighted by molar-refractivity contribution is 6.01. The molecule has 6 heteroatoms. The molecule has 2 saturated heterocycles. The Morgan fingerprint density at radius 3 is 2.57 bits per heavy atom. The van der Waals surface area contributed by atoms with Crippen LogP contribution in [-0.2, 0) is 0 Å². The fourth-order valence-electron chi connectivity index (χ4n) is 5.38. The fourth-order valence-corrected chi connectivity index (χ4v) is 5.38. The number of rotatable bonds is 3. The number of carbonyl (C=O) groups excluding carboxylic acids is 1. The zero-order valence-electron chi connectivity index (χ0n) is 17.4.